The van der Waals surface area contributed by atoms with Gasteiger partial charge in [-0.05, 0) is 37.6 Å². The topological polar surface area (TPSA) is 79.5 Å². The van der Waals surface area contributed by atoms with E-state index in [0.29, 0.717) is 36.9 Å². The highest BCUT2D eigenvalue weighted by Crippen LogP contribution is 2.12. The number of hydrogen-bond donors (Lipinski definition) is 3. The fourth-order valence-corrected chi connectivity index (χ4v) is 2.47. The van der Waals surface area contributed by atoms with E-state index in [1.807, 2.05) is 0 Å². The van der Waals surface area contributed by atoms with Gasteiger partial charge in [0.05, 0.1) is 7.11 Å². The van der Waals surface area contributed by atoms with Gasteiger partial charge in [0.1, 0.15) is 5.75 Å². The van der Waals surface area contributed by atoms with Crippen molar-refractivity contribution in [1.29, 1.82) is 0 Å². The van der Waals surface area contributed by atoms with Gasteiger partial charge in [-0.1, -0.05) is 6.07 Å². The fourth-order valence-electron chi connectivity index (χ4n) is 2.47. The first kappa shape index (κ1) is 16.3. The molecule has 1 fully saturated rings. The number of carbonyl (C=O) groups excluding carboxylic acids is 2. The maximum atomic E-state index is 11.9. The van der Waals surface area contributed by atoms with Crippen molar-refractivity contribution in [3.8, 4) is 5.75 Å². The number of benzene rings is 1. The van der Waals surface area contributed by atoms with Crippen LogP contribution in [-0.2, 0) is 4.79 Å². The molecule has 1 aliphatic rings. The largest absolute Gasteiger partial charge is 0.497 e. The van der Waals surface area contributed by atoms with Crippen molar-refractivity contribution in [2.45, 2.75) is 25.3 Å². The van der Waals surface area contributed by atoms with Crippen LogP contribution in [0.2, 0.25) is 0 Å². The molecule has 2 rings (SSSR count). The van der Waals surface area contributed by atoms with Gasteiger partial charge < -0.3 is 20.7 Å². The molecule has 6 nitrogen and oxygen atoms in total. The van der Waals surface area contributed by atoms with Crippen LogP contribution in [0.25, 0.3) is 0 Å². The summed E-state index contributed by atoms with van der Waals surface area (Å²) in [6, 6.07) is 7.26. The predicted octanol–water partition coefficient (Wildman–Crippen LogP) is 0.683. The molecule has 0 radical (unpaired) electrons. The van der Waals surface area contributed by atoms with Crippen LogP contribution in [0.4, 0.5) is 0 Å². The van der Waals surface area contributed by atoms with Crippen LogP contribution in [0.15, 0.2) is 24.3 Å². The second kappa shape index (κ2) is 8.38. The fraction of sp³-hybridized carbons (Fsp3) is 0.500. The van der Waals surface area contributed by atoms with Gasteiger partial charge in [-0.3, -0.25) is 9.59 Å². The molecule has 1 aromatic rings. The lowest BCUT2D eigenvalue weighted by Gasteiger charge is -2.11. The summed E-state index contributed by atoms with van der Waals surface area (Å²) in [4.78, 5) is 23.7. The Morgan fingerprint density at radius 3 is 2.86 bits per heavy atom. The van der Waals surface area contributed by atoms with E-state index in [2.05, 4.69) is 16.0 Å². The van der Waals surface area contributed by atoms with E-state index in [1.165, 1.54) is 0 Å². The lowest BCUT2D eigenvalue weighted by molar-refractivity contribution is -0.121. The Morgan fingerprint density at radius 1 is 1.32 bits per heavy atom. The van der Waals surface area contributed by atoms with Crippen molar-refractivity contribution in [3.05, 3.63) is 29.8 Å². The van der Waals surface area contributed by atoms with E-state index in [0.717, 1.165) is 19.4 Å². The molecule has 0 aromatic heterocycles. The van der Waals surface area contributed by atoms with E-state index in [1.54, 1.807) is 31.4 Å². The van der Waals surface area contributed by atoms with Crippen molar-refractivity contribution in [2.24, 2.45) is 0 Å². The standard InChI is InChI=1S/C16H23N3O3/c1-22-14-6-2-4-12(10-14)16(21)19-9-8-18-15(20)11-13-5-3-7-17-13/h2,4,6,10,13,17H,3,5,7-9,11H2,1H3,(H,18,20)(H,19,21). The number of amides is 2. The van der Waals surface area contributed by atoms with Gasteiger partial charge in [-0.25, -0.2) is 0 Å². The number of ether oxygens (including phenoxy) is 1. The summed E-state index contributed by atoms with van der Waals surface area (Å²) in [7, 11) is 1.56. The van der Waals surface area contributed by atoms with E-state index in [-0.39, 0.29) is 11.8 Å². The average molecular weight is 305 g/mol. The molecule has 0 saturated carbocycles. The molecule has 1 heterocycles. The van der Waals surface area contributed by atoms with Crippen LogP contribution in [0.5, 0.6) is 5.75 Å². The maximum absolute atomic E-state index is 11.9. The van der Waals surface area contributed by atoms with E-state index >= 15 is 0 Å². The van der Waals surface area contributed by atoms with Gasteiger partial charge in [0.25, 0.3) is 5.91 Å². The molecule has 1 aromatic carbocycles. The number of rotatable bonds is 7. The van der Waals surface area contributed by atoms with Crippen molar-refractivity contribution in [2.75, 3.05) is 26.7 Å². The van der Waals surface area contributed by atoms with Gasteiger partial charge in [0.2, 0.25) is 5.91 Å². The maximum Gasteiger partial charge on any atom is 0.251 e. The molecule has 0 bridgehead atoms. The first-order valence-corrected chi connectivity index (χ1v) is 7.61. The minimum Gasteiger partial charge on any atom is -0.497 e. The third kappa shape index (κ3) is 5.04. The molecule has 1 unspecified atom stereocenters. The van der Waals surface area contributed by atoms with Crippen LogP contribution in [-0.4, -0.2) is 44.6 Å². The third-order valence-corrected chi connectivity index (χ3v) is 3.66. The minimum absolute atomic E-state index is 0.0232. The summed E-state index contributed by atoms with van der Waals surface area (Å²) in [6.07, 6.45) is 2.69. The number of carbonyl (C=O) groups is 2. The highest BCUT2D eigenvalue weighted by Gasteiger charge is 2.17. The Morgan fingerprint density at radius 2 is 2.14 bits per heavy atom. The van der Waals surface area contributed by atoms with Crippen molar-refractivity contribution in [3.63, 3.8) is 0 Å². The Hall–Kier alpha value is -2.08. The quantitative estimate of drug-likeness (QED) is 0.647. The van der Waals surface area contributed by atoms with Crippen LogP contribution in [0, 0.1) is 0 Å². The molecule has 1 aliphatic heterocycles. The van der Waals surface area contributed by atoms with Gasteiger partial charge in [0, 0.05) is 31.1 Å². The monoisotopic (exact) mass is 305 g/mol. The average Bonchev–Trinajstić information content (AvgIpc) is 3.04. The molecule has 120 valence electrons. The van der Waals surface area contributed by atoms with Crippen LogP contribution in [0.3, 0.4) is 0 Å². The van der Waals surface area contributed by atoms with E-state index in [4.69, 9.17) is 4.74 Å². The zero-order chi connectivity index (χ0) is 15.8. The number of nitrogens with one attached hydrogen (secondary N) is 3. The summed E-state index contributed by atoms with van der Waals surface area (Å²) >= 11 is 0. The van der Waals surface area contributed by atoms with Gasteiger partial charge >= 0.3 is 0 Å². The van der Waals surface area contributed by atoms with Crippen LogP contribution >= 0.6 is 0 Å². The van der Waals surface area contributed by atoms with Crippen molar-refractivity contribution < 1.29 is 14.3 Å². The van der Waals surface area contributed by atoms with Crippen molar-refractivity contribution >= 4 is 11.8 Å². The second-order valence-electron chi connectivity index (χ2n) is 5.34. The predicted molar refractivity (Wildman–Crippen MR) is 84.0 cm³/mol. The zero-order valence-corrected chi connectivity index (χ0v) is 12.9. The third-order valence-electron chi connectivity index (χ3n) is 3.66. The number of methoxy groups -OCH3 is 1. The molecule has 0 aliphatic carbocycles. The molecule has 6 heteroatoms. The van der Waals surface area contributed by atoms with Crippen LogP contribution in [0.1, 0.15) is 29.6 Å². The smallest absolute Gasteiger partial charge is 0.251 e. The zero-order valence-electron chi connectivity index (χ0n) is 12.9. The van der Waals surface area contributed by atoms with Gasteiger partial charge in [-0.15, -0.1) is 0 Å². The Balaban J connectivity index is 1.65. The lowest BCUT2D eigenvalue weighted by Crippen LogP contribution is -2.37. The highest BCUT2D eigenvalue weighted by molar-refractivity contribution is 5.94. The van der Waals surface area contributed by atoms with Crippen LogP contribution < -0.4 is 20.7 Å². The molecule has 3 N–H and O–H groups in total. The van der Waals surface area contributed by atoms with E-state index < -0.39 is 0 Å². The summed E-state index contributed by atoms with van der Waals surface area (Å²) < 4.78 is 5.08. The Kier molecular flexibility index (Phi) is 6.21. The summed E-state index contributed by atoms with van der Waals surface area (Å²) in [6.45, 7) is 1.83. The molecule has 22 heavy (non-hydrogen) atoms. The van der Waals surface area contributed by atoms with Gasteiger partial charge in [-0.2, -0.15) is 0 Å². The lowest BCUT2D eigenvalue weighted by atomic mass is 10.1. The normalized spacial score (nSPS) is 17.0. The minimum atomic E-state index is -0.175. The molecular weight excluding hydrogens is 282 g/mol. The summed E-state index contributed by atoms with van der Waals surface area (Å²) in [5.41, 5.74) is 0.542. The van der Waals surface area contributed by atoms with Crippen molar-refractivity contribution in [1.82, 2.24) is 16.0 Å². The molecule has 2 amide bonds. The SMILES string of the molecule is COc1cccc(C(=O)NCCNC(=O)CC2CCCN2)c1. The second-order valence-corrected chi connectivity index (χ2v) is 5.34. The van der Waals surface area contributed by atoms with Gasteiger partial charge in [0.15, 0.2) is 0 Å². The number of hydrogen-bond acceptors (Lipinski definition) is 4. The molecule has 1 atom stereocenters. The molecular formula is C16H23N3O3. The summed E-state index contributed by atoms with van der Waals surface area (Å²) in [5.74, 6) is 0.491. The summed E-state index contributed by atoms with van der Waals surface area (Å²) in [5, 5.41) is 8.88. The molecule has 1 saturated heterocycles. The molecule has 0 spiro atoms. The highest BCUT2D eigenvalue weighted by atomic mass is 16.5. The first-order chi connectivity index (χ1) is 10.7. The Bertz CT molecular complexity index is 513. The Labute approximate surface area is 130 Å². The van der Waals surface area contributed by atoms with E-state index in [9.17, 15) is 9.59 Å². The first-order valence-electron chi connectivity index (χ1n) is 7.61.